The zero-order valence-electron chi connectivity index (χ0n) is 11.3. The molecule has 2 aromatic rings. The molecule has 1 aromatic heterocycles. The number of aromatic nitrogens is 1. The Hall–Kier alpha value is -2.46. The zero-order valence-corrected chi connectivity index (χ0v) is 12.1. The van der Waals surface area contributed by atoms with E-state index in [-0.39, 0.29) is 0 Å². The van der Waals surface area contributed by atoms with Crippen LogP contribution in [0, 0.1) is 0 Å². The Morgan fingerprint density at radius 3 is 2.76 bits per heavy atom. The van der Waals surface area contributed by atoms with Gasteiger partial charge < -0.3 is 0 Å². The van der Waals surface area contributed by atoms with E-state index in [1.54, 1.807) is 5.12 Å². The number of hydrazine groups is 2. The molecule has 4 nitrogen and oxygen atoms in total. The van der Waals surface area contributed by atoms with Crippen molar-refractivity contribution in [1.29, 1.82) is 0 Å². The van der Waals surface area contributed by atoms with Crippen molar-refractivity contribution in [1.82, 2.24) is 15.5 Å². The van der Waals surface area contributed by atoms with Gasteiger partial charge in [0.05, 0.1) is 5.69 Å². The number of pyridine rings is 1. The van der Waals surface area contributed by atoms with E-state index >= 15 is 0 Å². The van der Waals surface area contributed by atoms with E-state index in [2.05, 4.69) is 21.9 Å². The van der Waals surface area contributed by atoms with Gasteiger partial charge in [0.15, 0.2) is 0 Å². The third kappa shape index (κ3) is 3.77. The van der Waals surface area contributed by atoms with Gasteiger partial charge >= 0.3 is 0 Å². The minimum atomic E-state index is 0.704. The summed E-state index contributed by atoms with van der Waals surface area (Å²) < 4.78 is 0. The predicted molar refractivity (Wildman–Crippen MR) is 85.2 cm³/mol. The molecule has 1 aromatic carbocycles. The fourth-order valence-corrected chi connectivity index (χ4v) is 2.22. The predicted octanol–water partition coefficient (Wildman–Crippen LogP) is 3.52. The van der Waals surface area contributed by atoms with Gasteiger partial charge in [0.1, 0.15) is 0 Å². The Labute approximate surface area is 128 Å². The van der Waals surface area contributed by atoms with Crippen molar-refractivity contribution in [3.63, 3.8) is 0 Å². The number of hydrogen-bond donors (Lipinski definition) is 2. The van der Waals surface area contributed by atoms with E-state index in [4.69, 9.17) is 11.6 Å². The summed E-state index contributed by atoms with van der Waals surface area (Å²) in [6.45, 7) is 0. The van der Waals surface area contributed by atoms with Gasteiger partial charge in [-0.1, -0.05) is 17.7 Å². The number of halogens is 1. The Bertz CT molecular complexity index is 667. The summed E-state index contributed by atoms with van der Waals surface area (Å²) >= 11 is 5.96. The number of allylic oxidation sites excluding steroid dienone is 2. The topological polar surface area (TPSA) is 40.2 Å². The molecule has 0 fully saturated rings. The van der Waals surface area contributed by atoms with Gasteiger partial charge in [0.2, 0.25) is 0 Å². The van der Waals surface area contributed by atoms with E-state index in [0.717, 1.165) is 12.1 Å². The maximum absolute atomic E-state index is 5.96. The molecule has 0 saturated carbocycles. The molecule has 21 heavy (non-hydrogen) atoms. The molecule has 0 spiro atoms. The van der Waals surface area contributed by atoms with Gasteiger partial charge in [0, 0.05) is 29.8 Å². The second-order valence-electron chi connectivity index (χ2n) is 4.69. The number of anilines is 1. The Morgan fingerprint density at radius 2 is 2.05 bits per heavy atom. The molecule has 2 heterocycles. The zero-order chi connectivity index (χ0) is 14.5. The highest BCUT2D eigenvalue weighted by molar-refractivity contribution is 6.30. The Morgan fingerprint density at radius 1 is 1.19 bits per heavy atom. The monoisotopic (exact) mass is 298 g/mol. The molecular weight excluding hydrogens is 284 g/mol. The van der Waals surface area contributed by atoms with Crippen LogP contribution in [0.5, 0.6) is 0 Å². The summed E-state index contributed by atoms with van der Waals surface area (Å²) in [5, 5.41) is 2.48. The van der Waals surface area contributed by atoms with Crippen LogP contribution in [-0.2, 0) is 6.42 Å². The van der Waals surface area contributed by atoms with E-state index in [1.807, 2.05) is 61.2 Å². The van der Waals surface area contributed by atoms with E-state index in [1.165, 1.54) is 11.1 Å². The maximum Gasteiger partial charge on any atom is 0.0575 e. The first-order valence-electron chi connectivity index (χ1n) is 6.63. The van der Waals surface area contributed by atoms with Crippen LogP contribution in [0.3, 0.4) is 0 Å². The molecule has 1 aliphatic rings. The fourth-order valence-electron chi connectivity index (χ4n) is 2.03. The smallest absolute Gasteiger partial charge is 0.0575 e. The van der Waals surface area contributed by atoms with Gasteiger partial charge in [-0.05, 0) is 54.0 Å². The largest absolute Gasteiger partial charge is 0.287 e. The lowest BCUT2D eigenvalue weighted by Gasteiger charge is -2.25. The van der Waals surface area contributed by atoms with Crippen LogP contribution in [0.1, 0.15) is 5.56 Å². The Kier molecular flexibility index (Phi) is 4.07. The molecule has 0 bridgehead atoms. The summed E-state index contributed by atoms with van der Waals surface area (Å²) in [6, 6.07) is 11.6. The second-order valence-corrected chi connectivity index (χ2v) is 5.12. The first kappa shape index (κ1) is 13.5. The lowest BCUT2D eigenvalue weighted by atomic mass is 10.1. The van der Waals surface area contributed by atoms with Gasteiger partial charge in [-0.3, -0.25) is 15.8 Å². The SMILES string of the molecule is Clc1cccc(NN2C=CC(Cc3ccncc3)=CN2)c1. The van der Waals surface area contributed by atoms with Gasteiger partial charge in [-0.15, -0.1) is 0 Å². The molecule has 0 aliphatic carbocycles. The average Bonchev–Trinajstić information content (AvgIpc) is 2.50. The summed E-state index contributed by atoms with van der Waals surface area (Å²) in [5.74, 6) is 0. The van der Waals surface area contributed by atoms with Crippen molar-refractivity contribution in [3.05, 3.63) is 83.4 Å². The number of nitrogens with zero attached hydrogens (tertiary/aromatic N) is 2. The van der Waals surface area contributed by atoms with Crippen LogP contribution >= 0.6 is 11.6 Å². The summed E-state index contributed by atoms with van der Waals surface area (Å²) in [7, 11) is 0. The molecular formula is C16H15ClN4. The summed E-state index contributed by atoms with van der Waals surface area (Å²) in [4.78, 5) is 4.02. The standard InChI is InChI=1S/C16H15ClN4/c17-15-2-1-3-16(11-15)20-21-9-6-14(12-19-21)10-13-4-7-18-8-5-13/h1-9,11-12,19-20H,10H2. The highest BCUT2D eigenvalue weighted by Crippen LogP contribution is 2.16. The highest BCUT2D eigenvalue weighted by atomic mass is 35.5. The lowest BCUT2D eigenvalue weighted by Crippen LogP contribution is -2.36. The van der Waals surface area contributed by atoms with Gasteiger partial charge in [-0.2, -0.15) is 0 Å². The van der Waals surface area contributed by atoms with Crippen LogP contribution in [-0.4, -0.2) is 10.1 Å². The maximum atomic E-state index is 5.96. The van der Waals surface area contributed by atoms with Crippen molar-refractivity contribution in [3.8, 4) is 0 Å². The van der Waals surface area contributed by atoms with E-state index in [9.17, 15) is 0 Å². The van der Waals surface area contributed by atoms with Crippen LogP contribution in [0.15, 0.2) is 72.8 Å². The summed E-state index contributed by atoms with van der Waals surface area (Å²) in [6.07, 6.45) is 10.5. The third-order valence-electron chi connectivity index (χ3n) is 3.06. The average molecular weight is 299 g/mol. The first-order chi connectivity index (χ1) is 10.3. The fraction of sp³-hybridized carbons (Fsp3) is 0.0625. The van der Waals surface area contributed by atoms with Crippen molar-refractivity contribution in [2.75, 3.05) is 5.43 Å². The molecule has 3 rings (SSSR count). The molecule has 0 amide bonds. The first-order valence-corrected chi connectivity index (χ1v) is 7.01. The molecule has 0 unspecified atom stereocenters. The minimum absolute atomic E-state index is 0.704. The van der Waals surface area contributed by atoms with Crippen molar-refractivity contribution in [2.24, 2.45) is 0 Å². The van der Waals surface area contributed by atoms with Crippen LogP contribution < -0.4 is 10.9 Å². The van der Waals surface area contributed by atoms with Gasteiger partial charge in [-0.25, -0.2) is 5.12 Å². The molecule has 5 heteroatoms. The molecule has 1 aliphatic heterocycles. The highest BCUT2D eigenvalue weighted by Gasteiger charge is 2.05. The van der Waals surface area contributed by atoms with Crippen LogP contribution in [0.4, 0.5) is 5.69 Å². The van der Waals surface area contributed by atoms with Gasteiger partial charge in [0.25, 0.3) is 0 Å². The molecule has 0 atom stereocenters. The molecule has 0 radical (unpaired) electrons. The number of benzene rings is 1. The molecule has 2 N–H and O–H groups in total. The van der Waals surface area contributed by atoms with E-state index in [0.29, 0.717) is 5.02 Å². The van der Waals surface area contributed by atoms with E-state index < -0.39 is 0 Å². The quantitative estimate of drug-likeness (QED) is 0.906. The third-order valence-corrected chi connectivity index (χ3v) is 3.29. The lowest BCUT2D eigenvalue weighted by molar-refractivity contribution is 0.373. The number of nitrogens with one attached hydrogen (secondary N) is 2. The Balaban J connectivity index is 1.58. The summed E-state index contributed by atoms with van der Waals surface area (Å²) in [5.41, 5.74) is 9.73. The molecule has 106 valence electrons. The minimum Gasteiger partial charge on any atom is -0.287 e. The second kappa shape index (κ2) is 6.33. The van der Waals surface area contributed by atoms with Crippen molar-refractivity contribution >= 4 is 17.3 Å². The van der Waals surface area contributed by atoms with Crippen molar-refractivity contribution < 1.29 is 0 Å². The van der Waals surface area contributed by atoms with Crippen LogP contribution in [0.25, 0.3) is 0 Å². The number of hydrogen-bond acceptors (Lipinski definition) is 4. The van der Waals surface area contributed by atoms with Crippen molar-refractivity contribution in [2.45, 2.75) is 6.42 Å². The van der Waals surface area contributed by atoms with Crippen LogP contribution in [0.2, 0.25) is 5.02 Å². The number of rotatable bonds is 4. The normalized spacial score (nSPS) is 13.6. The molecule has 0 saturated heterocycles.